The second-order valence-electron chi connectivity index (χ2n) is 6.06. The van der Waals surface area contributed by atoms with E-state index in [1.54, 1.807) is 0 Å². The number of rotatable bonds is 4. The Morgan fingerprint density at radius 2 is 2.00 bits per heavy atom. The summed E-state index contributed by atoms with van der Waals surface area (Å²) < 4.78 is 0. The number of nitrogens with zero attached hydrogens (tertiary/aromatic N) is 1. The summed E-state index contributed by atoms with van der Waals surface area (Å²) >= 11 is 0. The van der Waals surface area contributed by atoms with Crippen LogP contribution in [0.4, 0.5) is 0 Å². The van der Waals surface area contributed by atoms with Gasteiger partial charge in [-0.15, -0.1) is 0 Å². The molecule has 0 aromatic heterocycles. The van der Waals surface area contributed by atoms with Crippen LogP contribution in [0.2, 0.25) is 0 Å². The van der Waals surface area contributed by atoms with Crippen LogP contribution in [0.15, 0.2) is 0 Å². The molecular weight excluding hydrogens is 244 g/mol. The third-order valence-corrected chi connectivity index (χ3v) is 4.07. The van der Waals surface area contributed by atoms with Crippen molar-refractivity contribution in [2.24, 2.45) is 17.8 Å². The van der Waals surface area contributed by atoms with Crippen molar-refractivity contribution in [1.29, 1.82) is 0 Å². The SMILES string of the molecule is CC(C)C(=O)N1CC[C@H](CO)[C@H](NC(=O)C2CC2)C1. The van der Waals surface area contributed by atoms with E-state index in [-0.39, 0.29) is 42.2 Å². The lowest BCUT2D eigenvalue weighted by molar-refractivity contribution is -0.138. The summed E-state index contributed by atoms with van der Waals surface area (Å²) in [4.78, 5) is 25.7. The number of aliphatic hydroxyl groups is 1. The minimum atomic E-state index is -0.102. The fraction of sp³-hybridized carbons (Fsp3) is 0.857. The molecular formula is C14H24N2O3. The predicted octanol–water partition coefficient (Wildman–Crippen LogP) is 0.378. The van der Waals surface area contributed by atoms with E-state index < -0.39 is 0 Å². The normalized spacial score (nSPS) is 27.5. The second-order valence-corrected chi connectivity index (χ2v) is 6.06. The van der Waals surface area contributed by atoms with Crippen LogP contribution in [-0.2, 0) is 9.59 Å². The monoisotopic (exact) mass is 268 g/mol. The Labute approximate surface area is 114 Å². The first-order valence-corrected chi connectivity index (χ1v) is 7.23. The fourth-order valence-electron chi connectivity index (χ4n) is 2.59. The second kappa shape index (κ2) is 5.90. The third kappa shape index (κ3) is 3.47. The van der Waals surface area contributed by atoms with Gasteiger partial charge in [0, 0.05) is 37.5 Å². The van der Waals surface area contributed by atoms with Gasteiger partial charge in [0.1, 0.15) is 0 Å². The number of hydrogen-bond donors (Lipinski definition) is 2. The lowest BCUT2D eigenvalue weighted by atomic mass is 9.91. The van der Waals surface area contributed by atoms with E-state index in [0.29, 0.717) is 13.1 Å². The predicted molar refractivity (Wildman–Crippen MR) is 71.3 cm³/mol. The Hall–Kier alpha value is -1.10. The largest absolute Gasteiger partial charge is 0.396 e. The van der Waals surface area contributed by atoms with Gasteiger partial charge in [-0.3, -0.25) is 9.59 Å². The summed E-state index contributed by atoms with van der Waals surface area (Å²) in [6, 6.07) is -0.102. The zero-order valence-corrected chi connectivity index (χ0v) is 11.8. The Morgan fingerprint density at radius 1 is 1.32 bits per heavy atom. The molecule has 2 N–H and O–H groups in total. The maximum Gasteiger partial charge on any atom is 0.225 e. The maximum atomic E-state index is 12.0. The highest BCUT2D eigenvalue weighted by molar-refractivity contribution is 5.81. The first kappa shape index (κ1) is 14.3. The molecule has 2 rings (SSSR count). The van der Waals surface area contributed by atoms with Gasteiger partial charge in [0.15, 0.2) is 0 Å². The van der Waals surface area contributed by atoms with Crippen molar-refractivity contribution < 1.29 is 14.7 Å². The lowest BCUT2D eigenvalue weighted by Gasteiger charge is -2.39. The smallest absolute Gasteiger partial charge is 0.225 e. The zero-order valence-electron chi connectivity index (χ0n) is 11.8. The van der Waals surface area contributed by atoms with Gasteiger partial charge in [0.2, 0.25) is 11.8 Å². The molecule has 0 aromatic rings. The molecule has 0 radical (unpaired) electrons. The van der Waals surface area contributed by atoms with Crippen LogP contribution in [0, 0.1) is 17.8 Å². The zero-order chi connectivity index (χ0) is 14.0. The van der Waals surface area contributed by atoms with Crippen molar-refractivity contribution >= 4 is 11.8 Å². The molecule has 1 saturated heterocycles. The van der Waals surface area contributed by atoms with Crippen LogP contribution in [0.3, 0.4) is 0 Å². The van der Waals surface area contributed by atoms with Gasteiger partial charge >= 0.3 is 0 Å². The summed E-state index contributed by atoms with van der Waals surface area (Å²) in [7, 11) is 0. The molecule has 2 fully saturated rings. The first-order valence-electron chi connectivity index (χ1n) is 7.23. The van der Waals surface area contributed by atoms with Crippen molar-refractivity contribution in [3.05, 3.63) is 0 Å². The number of carbonyl (C=O) groups excluding carboxylic acids is 2. The molecule has 108 valence electrons. The topological polar surface area (TPSA) is 69.6 Å². The van der Waals surface area contributed by atoms with Gasteiger partial charge in [-0.25, -0.2) is 0 Å². The molecule has 1 saturated carbocycles. The molecule has 0 aromatic carbocycles. The van der Waals surface area contributed by atoms with Gasteiger partial charge < -0.3 is 15.3 Å². The van der Waals surface area contributed by atoms with Gasteiger partial charge in [-0.1, -0.05) is 13.8 Å². The number of amides is 2. The van der Waals surface area contributed by atoms with Crippen LogP contribution in [-0.4, -0.2) is 47.6 Å². The van der Waals surface area contributed by atoms with Crippen LogP contribution in [0.25, 0.3) is 0 Å². The van der Waals surface area contributed by atoms with Gasteiger partial charge in [0.05, 0.1) is 6.04 Å². The maximum absolute atomic E-state index is 12.0. The van der Waals surface area contributed by atoms with E-state index in [0.717, 1.165) is 19.3 Å². The van der Waals surface area contributed by atoms with Crippen molar-refractivity contribution in [1.82, 2.24) is 10.2 Å². The number of carbonyl (C=O) groups is 2. The molecule has 2 atom stereocenters. The van der Waals surface area contributed by atoms with Gasteiger partial charge in [-0.05, 0) is 19.3 Å². The summed E-state index contributed by atoms with van der Waals surface area (Å²) in [6.07, 6.45) is 2.69. The highest BCUT2D eigenvalue weighted by Crippen LogP contribution is 2.29. The summed E-state index contributed by atoms with van der Waals surface area (Å²) in [5.41, 5.74) is 0. The first-order chi connectivity index (χ1) is 9.02. The third-order valence-electron chi connectivity index (χ3n) is 4.07. The summed E-state index contributed by atoms with van der Waals surface area (Å²) in [6.45, 7) is 5.05. The van der Waals surface area contributed by atoms with E-state index >= 15 is 0 Å². The van der Waals surface area contributed by atoms with Gasteiger partial charge in [0.25, 0.3) is 0 Å². The van der Waals surface area contributed by atoms with E-state index in [1.165, 1.54) is 0 Å². The van der Waals surface area contributed by atoms with Crippen molar-refractivity contribution in [3.8, 4) is 0 Å². The Bertz CT molecular complexity index is 353. The molecule has 2 aliphatic rings. The van der Waals surface area contributed by atoms with Crippen molar-refractivity contribution in [2.75, 3.05) is 19.7 Å². The minimum absolute atomic E-state index is 0.0227. The summed E-state index contributed by atoms with van der Waals surface area (Å²) in [5, 5.41) is 12.4. The molecule has 1 aliphatic heterocycles. The standard InChI is InChI=1S/C14H24N2O3/c1-9(2)14(19)16-6-5-11(8-17)12(7-16)15-13(18)10-3-4-10/h9-12,17H,3-8H2,1-2H3,(H,15,18)/t11-,12-/m1/s1. The molecule has 0 spiro atoms. The lowest BCUT2D eigenvalue weighted by Crippen LogP contribution is -2.55. The molecule has 5 nitrogen and oxygen atoms in total. The Morgan fingerprint density at radius 3 is 2.53 bits per heavy atom. The minimum Gasteiger partial charge on any atom is -0.396 e. The number of nitrogens with one attached hydrogen (secondary N) is 1. The number of likely N-dealkylation sites (tertiary alicyclic amines) is 1. The van der Waals surface area contributed by atoms with E-state index in [4.69, 9.17) is 0 Å². The molecule has 1 aliphatic carbocycles. The Kier molecular flexibility index (Phi) is 4.45. The number of piperidine rings is 1. The molecule has 0 unspecified atom stereocenters. The highest BCUT2D eigenvalue weighted by Gasteiger charge is 2.36. The van der Waals surface area contributed by atoms with E-state index in [2.05, 4.69) is 5.32 Å². The van der Waals surface area contributed by atoms with Crippen LogP contribution < -0.4 is 5.32 Å². The van der Waals surface area contributed by atoms with E-state index in [9.17, 15) is 14.7 Å². The fourth-order valence-corrected chi connectivity index (χ4v) is 2.59. The Balaban J connectivity index is 1.95. The van der Waals surface area contributed by atoms with E-state index in [1.807, 2.05) is 18.7 Å². The van der Waals surface area contributed by atoms with Crippen LogP contribution >= 0.6 is 0 Å². The van der Waals surface area contributed by atoms with Crippen LogP contribution in [0.1, 0.15) is 33.1 Å². The van der Waals surface area contributed by atoms with Crippen LogP contribution in [0.5, 0.6) is 0 Å². The van der Waals surface area contributed by atoms with Crippen molar-refractivity contribution in [3.63, 3.8) is 0 Å². The molecule has 5 heteroatoms. The molecule has 2 amide bonds. The number of hydrogen-bond acceptors (Lipinski definition) is 3. The quantitative estimate of drug-likeness (QED) is 0.774. The average Bonchev–Trinajstić information content (AvgIpc) is 3.21. The number of aliphatic hydroxyl groups excluding tert-OH is 1. The molecule has 0 bridgehead atoms. The molecule has 1 heterocycles. The van der Waals surface area contributed by atoms with Crippen molar-refractivity contribution in [2.45, 2.75) is 39.2 Å². The highest BCUT2D eigenvalue weighted by atomic mass is 16.3. The summed E-state index contributed by atoms with van der Waals surface area (Å²) in [5.74, 6) is 0.421. The van der Waals surface area contributed by atoms with Gasteiger partial charge in [-0.2, -0.15) is 0 Å². The molecule has 19 heavy (non-hydrogen) atoms. The average molecular weight is 268 g/mol.